The predicted molar refractivity (Wildman–Crippen MR) is 94.3 cm³/mol. The average molecular weight is 464 g/mol. The number of aliphatic carboxylic acids is 2. The van der Waals surface area contributed by atoms with Gasteiger partial charge in [0.15, 0.2) is 0 Å². The maximum absolute atomic E-state index is 13.5. The molecule has 2 aromatic rings. The topological polar surface area (TPSA) is 113 Å². The van der Waals surface area contributed by atoms with E-state index in [2.05, 4.69) is 15.9 Å². The summed E-state index contributed by atoms with van der Waals surface area (Å²) in [5, 5.41) is 19.4. The van der Waals surface area contributed by atoms with E-state index in [1.54, 1.807) is 0 Å². The van der Waals surface area contributed by atoms with E-state index in [-0.39, 0.29) is 20.8 Å². The number of carboxylic acids is 2. The molecule has 1 atom stereocenters. The summed E-state index contributed by atoms with van der Waals surface area (Å²) in [5.74, 6) is -4.54. The largest absolute Gasteiger partial charge is 0.496 e. The molecule has 0 saturated heterocycles. The van der Waals surface area contributed by atoms with Crippen molar-refractivity contribution in [3.63, 3.8) is 0 Å². The van der Waals surface area contributed by atoms with Crippen LogP contribution in [0.25, 0.3) is 10.8 Å². The molecule has 7 nitrogen and oxygen atoms in total. The van der Waals surface area contributed by atoms with E-state index in [0.717, 1.165) is 19.2 Å². The highest BCUT2D eigenvalue weighted by molar-refractivity contribution is 9.10. The van der Waals surface area contributed by atoms with Gasteiger partial charge < -0.3 is 20.3 Å². The van der Waals surface area contributed by atoms with E-state index in [9.17, 15) is 27.6 Å². The monoisotopic (exact) mass is 463 g/mol. The second-order valence-electron chi connectivity index (χ2n) is 5.62. The first-order valence-corrected chi connectivity index (χ1v) is 8.38. The van der Waals surface area contributed by atoms with Gasteiger partial charge in [0.25, 0.3) is 5.91 Å². The zero-order chi connectivity index (χ0) is 21.2. The van der Waals surface area contributed by atoms with Crippen molar-refractivity contribution in [1.82, 2.24) is 5.32 Å². The minimum atomic E-state index is -4.78. The van der Waals surface area contributed by atoms with Crippen molar-refractivity contribution >= 4 is 44.5 Å². The van der Waals surface area contributed by atoms with Gasteiger partial charge in [0.1, 0.15) is 17.4 Å². The smallest absolute Gasteiger partial charge is 0.420 e. The van der Waals surface area contributed by atoms with Gasteiger partial charge in [0, 0.05) is 4.47 Å². The number of hydrogen-bond donors (Lipinski definition) is 3. The maximum Gasteiger partial charge on any atom is 0.420 e. The first-order chi connectivity index (χ1) is 13.0. The summed E-state index contributed by atoms with van der Waals surface area (Å²) in [4.78, 5) is 34.5. The molecular weight excluding hydrogens is 451 g/mol. The minimum absolute atomic E-state index is 0.107. The van der Waals surface area contributed by atoms with Gasteiger partial charge in [-0.15, -0.1) is 0 Å². The van der Waals surface area contributed by atoms with Crippen molar-refractivity contribution in [2.45, 2.75) is 18.6 Å². The third kappa shape index (κ3) is 4.35. The number of fused-ring (bicyclic) bond motifs is 1. The number of amides is 1. The van der Waals surface area contributed by atoms with Crippen LogP contribution in [0.4, 0.5) is 13.2 Å². The molecule has 11 heteroatoms. The van der Waals surface area contributed by atoms with E-state index in [4.69, 9.17) is 14.9 Å². The summed E-state index contributed by atoms with van der Waals surface area (Å²) >= 11 is 3.07. The molecule has 0 bridgehead atoms. The van der Waals surface area contributed by atoms with Gasteiger partial charge in [0.05, 0.1) is 19.1 Å². The summed E-state index contributed by atoms with van der Waals surface area (Å²) in [5.41, 5.74) is -1.35. The molecule has 1 amide bonds. The number of nitrogens with one attached hydrogen (secondary N) is 1. The van der Waals surface area contributed by atoms with Crippen LogP contribution >= 0.6 is 15.9 Å². The molecule has 0 unspecified atom stereocenters. The van der Waals surface area contributed by atoms with Crippen LogP contribution < -0.4 is 10.1 Å². The van der Waals surface area contributed by atoms with Crippen LogP contribution in [0.1, 0.15) is 22.3 Å². The summed E-state index contributed by atoms with van der Waals surface area (Å²) in [6.07, 6.45) is -5.68. The number of ether oxygens (including phenoxy) is 1. The quantitative estimate of drug-likeness (QED) is 0.605. The average Bonchev–Trinajstić information content (AvgIpc) is 2.58. The molecule has 0 aromatic heterocycles. The fourth-order valence-electron chi connectivity index (χ4n) is 2.66. The Bertz CT molecular complexity index is 960. The molecule has 0 aliphatic heterocycles. The Morgan fingerprint density at radius 2 is 1.75 bits per heavy atom. The summed E-state index contributed by atoms with van der Waals surface area (Å²) < 4.78 is 45.5. The molecule has 28 heavy (non-hydrogen) atoms. The van der Waals surface area contributed by atoms with E-state index < -0.39 is 47.8 Å². The third-order valence-electron chi connectivity index (χ3n) is 3.82. The fourth-order valence-corrected chi connectivity index (χ4v) is 3.18. The normalized spacial score (nSPS) is 12.5. The zero-order valence-corrected chi connectivity index (χ0v) is 15.7. The molecule has 2 rings (SSSR count). The van der Waals surface area contributed by atoms with Crippen molar-refractivity contribution in [2.24, 2.45) is 0 Å². The number of methoxy groups -OCH3 is 1. The molecule has 0 saturated carbocycles. The van der Waals surface area contributed by atoms with Crippen molar-refractivity contribution in [2.75, 3.05) is 7.11 Å². The number of hydrogen-bond acceptors (Lipinski definition) is 4. The number of benzene rings is 2. The lowest BCUT2D eigenvalue weighted by molar-refractivity contribution is -0.145. The van der Waals surface area contributed by atoms with Crippen LogP contribution in [-0.2, 0) is 15.8 Å². The number of carbonyl (C=O) groups is 3. The highest BCUT2D eigenvalue weighted by Gasteiger charge is 2.37. The number of rotatable bonds is 6. The van der Waals surface area contributed by atoms with Crippen LogP contribution in [0.2, 0.25) is 0 Å². The molecule has 2 aromatic carbocycles. The van der Waals surface area contributed by atoms with Gasteiger partial charge in [-0.3, -0.25) is 9.59 Å². The first kappa shape index (κ1) is 21.5. The summed E-state index contributed by atoms with van der Waals surface area (Å²) in [6, 6.07) is 2.87. The number of carbonyl (C=O) groups excluding carboxylic acids is 1. The van der Waals surface area contributed by atoms with E-state index in [1.807, 2.05) is 5.32 Å². The van der Waals surface area contributed by atoms with Crippen LogP contribution in [0.15, 0.2) is 28.7 Å². The first-order valence-electron chi connectivity index (χ1n) is 7.59. The molecule has 0 heterocycles. The Balaban J connectivity index is 2.64. The SMILES string of the molecule is COc1ccc2c(C(=O)N[C@@H](CC(=O)O)C(=O)O)c(Br)ccc2c1C(F)(F)F. The van der Waals surface area contributed by atoms with Crippen LogP contribution in [-0.4, -0.2) is 41.2 Å². The summed E-state index contributed by atoms with van der Waals surface area (Å²) in [7, 11) is 1.08. The molecule has 0 radical (unpaired) electrons. The summed E-state index contributed by atoms with van der Waals surface area (Å²) in [6.45, 7) is 0. The van der Waals surface area contributed by atoms with E-state index in [0.29, 0.717) is 0 Å². The van der Waals surface area contributed by atoms with Gasteiger partial charge in [-0.05, 0) is 44.9 Å². The number of carboxylic acid groups (broad SMARTS) is 2. The number of halogens is 4. The Kier molecular flexibility index (Phi) is 6.17. The molecule has 0 aliphatic rings. The second kappa shape index (κ2) is 8.05. The van der Waals surface area contributed by atoms with E-state index >= 15 is 0 Å². The second-order valence-corrected chi connectivity index (χ2v) is 6.47. The highest BCUT2D eigenvalue weighted by Crippen LogP contribution is 2.42. The zero-order valence-electron chi connectivity index (χ0n) is 14.1. The van der Waals surface area contributed by atoms with Gasteiger partial charge in [-0.25, -0.2) is 4.79 Å². The van der Waals surface area contributed by atoms with Crippen LogP contribution in [0.3, 0.4) is 0 Å². The Morgan fingerprint density at radius 3 is 2.25 bits per heavy atom. The Hall–Kier alpha value is -2.82. The van der Waals surface area contributed by atoms with Gasteiger partial charge in [0.2, 0.25) is 0 Å². The molecule has 150 valence electrons. The molecule has 0 fully saturated rings. The van der Waals surface area contributed by atoms with Gasteiger partial charge in [-0.1, -0.05) is 6.07 Å². The Labute approximate surface area is 164 Å². The Morgan fingerprint density at radius 1 is 1.14 bits per heavy atom. The lowest BCUT2D eigenvalue weighted by Gasteiger charge is -2.18. The fraction of sp³-hybridized carbons (Fsp3) is 0.235. The van der Waals surface area contributed by atoms with Crippen LogP contribution in [0, 0.1) is 0 Å². The standard InChI is InChI=1S/C17H13BrF3NO6/c1-28-11-5-3-7-8(14(11)17(19,20)21)2-4-9(18)13(7)15(25)22-10(16(26)27)6-12(23)24/h2-5,10H,6H2,1H3,(H,22,25)(H,23,24)(H,26,27)/t10-/m0/s1. The van der Waals surface area contributed by atoms with Gasteiger partial charge >= 0.3 is 18.1 Å². The maximum atomic E-state index is 13.5. The lowest BCUT2D eigenvalue weighted by Crippen LogP contribution is -2.42. The minimum Gasteiger partial charge on any atom is -0.496 e. The van der Waals surface area contributed by atoms with Crippen molar-refractivity contribution in [1.29, 1.82) is 0 Å². The molecule has 0 aliphatic carbocycles. The number of alkyl halides is 3. The van der Waals surface area contributed by atoms with Crippen molar-refractivity contribution in [3.8, 4) is 5.75 Å². The highest BCUT2D eigenvalue weighted by atomic mass is 79.9. The van der Waals surface area contributed by atoms with Crippen LogP contribution in [0.5, 0.6) is 5.75 Å². The molecule has 0 spiro atoms. The van der Waals surface area contributed by atoms with E-state index in [1.165, 1.54) is 12.1 Å². The predicted octanol–water partition coefficient (Wildman–Crippen LogP) is 3.29. The third-order valence-corrected chi connectivity index (χ3v) is 4.49. The molecular formula is C17H13BrF3NO6. The van der Waals surface area contributed by atoms with Crippen molar-refractivity contribution < 1.29 is 42.5 Å². The van der Waals surface area contributed by atoms with Gasteiger partial charge in [-0.2, -0.15) is 13.2 Å². The molecule has 3 N–H and O–H groups in total. The van der Waals surface area contributed by atoms with Crippen molar-refractivity contribution in [3.05, 3.63) is 39.9 Å². The lowest BCUT2D eigenvalue weighted by atomic mass is 9.98.